The van der Waals surface area contributed by atoms with Gasteiger partial charge < -0.3 is 14.6 Å². The van der Waals surface area contributed by atoms with E-state index in [1.54, 1.807) is 31.2 Å². The Kier molecular flexibility index (Phi) is 5.71. The first-order chi connectivity index (χ1) is 12.9. The number of nitrogens with zero attached hydrogens (tertiary/aromatic N) is 1. The van der Waals surface area contributed by atoms with Crippen molar-refractivity contribution in [3.05, 3.63) is 70.9 Å². The molecule has 1 aromatic heterocycles. The molecule has 0 aliphatic carbocycles. The fraction of sp³-hybridized carbons (Fsp3) is 0.158. The second kappa shape index (κ2) is 8.18. The third kappa shape index (κ3) is 4.83. The lowest BCUT2D eigenvalue weighted by atomic mass is 10.1. The highest BCUT2D eigenvalue weighted by Crippen LogP contribution is 2.22. The van der Waals surface area contributed by atoms with Crippen LogP contribution in [0.5, 0.6) is 5.75 Å². The first kappa shape index (κ1) is 18.8. The van der Waals surface area contributed by atoms with Gasteiger partial charge in [0.05, 0.1) is 6.54 Å². The van der Waals surface area contributed by atoms with E-state index in [1.807, 2.05) is 0 Å². The number of hydrogen-bond acceptors (Lipinski definition) is 4. The molecule has 2 aromatic carbocycles. The summed E-state index contributed by atoms with van der Waals surface area (Å²) in [7, 11) is 0. The molecule has 1 N–H and O–H groups in total. The monoisotopic (exact) mass is 392 g/mol. The van der Waals surface area contributed by atoms with Crippen molar-refractivity contribution in [2.24, 2.45) is 0 Å². The molecule has 0 radical (unpaired) electrons. The lowest BCUT2D eigenvalue weighted by Gasteiger charge is -2.15. The molecule has 0 saturated carbocycles. The minimum atomic E-state index is -1.01. The van der Waals surface area contributed by atoms with Crippen molar-refractivity contribution in [2.45, 2.75) is 13.0 Å². The zero-order chi connectivity index (χ0) is 19.4. The van der Waals surface area contributed by atoms with Crippen molar-refractivity contribution in [1.29, 1.82) is 0 Å². The third-order valence-corrected chi connectivity index (χ3v) is 3.90. The Morgan fingerprint density at radius 3 is 2.63 bits per heavy atom. The molecule has 140 valence electrons. The Hall–Kier alpha value is -2.93. The molecule has 27 heavy (non-hydrogen) atoms. The van der Waals surface area contributed by atoms with Crippen molar-refractivity contribution in [1.82, 2.24) is 10.5 Å². The largest absolute Gasteiger partial charge is 0.489 e. The van der Waals surface area contributed by atoms with Gasteiger partial charge in [0.1, 0.15) is 11.9 Å². The number of carbonyl (C=O) groups is 1. The van der Waals surface area contributed by atoms with Crippen molar-refractivity contribution >= 4 is 17.5 Å². The fourth-order valence-corrected chi connectivity index (χ4v) is 2.41. The fourth-order valence-electron chi connectivity index (χ4n) is 2.28. The Labute approximate surface area is 158 Å². The van der Waals surface area contributed by atoms with Gasteiger partial charge in [-0.3, -0.25) is 4.79 Å². The van der Waals surface area contributed by atoms with Crippen LogP contribution in [-0.2, 0) is 0 Å². The zero-order valence-corrected chi connectivity index (χ0v) is 15.0. The Balaban J connectivity index is 1.57. The molecular formula is C19H15ClF2N2O3. The summed E-state index contributed by atoms with van der Waals surface area (Å²) in [5.74, 6) is -1.67. The summed E-state index contributed by atoms with van der Waals surface area (Å²) in [4.78, 5) is 12.2. The minimum Gasteiger partial charge on any atom is -0.489 e. The predicted molar refractivity (Wildman–Crippen MR) is 95.7 cm³/mol. The Bertz CT molecular complexity index is 944. The van der Waals surface area contributed by atoms with Crippen molar-refractivity contribution in [3.63, 3.8) is 0 Å². The molecule has 0 saturated heterocycles. The number of aromatic nitrogens is 1. The number of halogens is 3. The van der Waals surface area contributed by atoms with Crippen molar-refractivity contribution < 1.29 is 22.8 Å². The summed E-state index contributed by atoms with van der Waals surface area (Å²) in [5, 5.41) is 6.93. The van der Waals surface area contributed by atoms with Gasteiger partial charge in [-0.1, -0.05) is 16.8 Å². The van der Waals surface area contributed by atoms with Gasteiger partial charge >= 0.3 is 0 Å². The first-order valence-corrected chi connectivity index (χ1v) is 8.43. The molecule has 0 bridgehead atoms. The van der Waals surface area contributed by atoms with Gasteiger partial charge in [0.15, 0.2) is 23.1 Å². The Morgan fingerprint density at radius 2 is 1.93 bits per heavy atom. The summed E-state index contributed by atoms with van der Waals surface area (Å²) in [6.45, 7) is 2.03. The third-order valence-electron chi connectivity index (χ3n) is 3.65. The number of rotatable bonds is 6. The van der Waals surface area contributed by atoms with Crippen LogP contribution in [0.4, 0.5) is 8.78 Å². The highest BCUT2D eigenvalue weighted by Gasteiger charge is 2.16. The van der Waals surface area contributed by atoms with E-state index in [0.717, 1.165) is 12.1 Å². The van der Waals surface area contributed by atoms with Crippen LogP contribution in [0.3, 0.4) is 0 Å². The lowest BCUT2D eigenvalue weighted by molar-refractivity contribution is 0.0923. The van der Waals surface area contributed by atoms with Crippen LogP contribution in [0.1, 0.15) is 17.4 Å². The maximum absolute atomic E-state index is 13.3. The van der Waals surface area contributed by atoms with Crippen LogP contribution < -0.4 is 10.1 Å². The van der Waals surface area contributed by atoms with E-state index in [0.29, 0.717) is 10.8 Å². The van der Waals surface area contributed by atoms with E-state index >= 15 is 0 Å². The van der Waals surface area contributed by atoms with E-state index in [4.69, 9.17) is 20.9 Å². The highest BCUT2D eigenvalue weighted by atomic mass is 35.5. The topological polar surface area (TPSA) is 64.4 Å². The van der Waals surface area contributed by atoms with Gasteiger partial charge in [-0.2, -0.15) is 0 Å². The summed E-state index contributed by atoms with van der Waals surface area (Å²) in [6.07, 6.45) is -0.298. The average Bonchev–Trinajstić information content (AvgIpc) is 3.14. The first-order valence-electron chi connectivity index (χ1n) is 8.05. The predicted octanol–water partition coefficient (Wildman–Crippen LogP) is 4.47. The number of amides is 1. The lowest BCUT2D eigenvalue weighted by Crippen LogP contribution is -2.33. The molecule has 0 fully saturated rings. The number of ether oxygens (including phenoxy) is 1. The van der Waals surface area contributed by atoms with Crippen LogP contribution in [0.2, 0.25) is 5.02 Å². The van der Waals surface area contributed by atoms with E-state index in [2.05, 4.69) is 10.5 Å². The highest BCUT2D eigenvalue weighted by molar-refractivity contribution is 6.30. The number of benzene rings is 2. The van der Waals surface area contributed by atoms with Gasteiger partial charge in [0.2, 0.25) is 0 Å². The maximum Gasteiger partial charge on any atom is 0.273 e. The molecule has 0 unspecified atom stereocenters. The molecule has 0 aliphatic heterocycles. The van der Waals surface area contributed by atoms with E-state index in [-0.39, 0.29) is 29.7 Å². The molecule has 3 aromatic rings. The van der Waals surface area contributed by atoms with Crippen LogP contribution in [0.25, 0.3) is 11.3 Å². The zero-order valence-electron chi connectivity index (χ0n) is 14.2. The second-order valence-corrected chi connectivity index (χ2v) is 6.23. The van der Waals surface area contributed by atoms with Gasteiger partial charge in [0.25, 0.3) is 5.91 Å². The van der Waals surface area contributed by atoms with Crippen LogP contribution >= 0.6 is 11.6 Å². The van der Waals surface area contributed by atoms with Crippen LogP contribution in [0.15, 0.2) is 53.1 Å². The van der Waals surface area contributed by atoms with Crippen molar-refractivity contribution in [3.8, 4) is 17.1 Å². The quantitative estimate of drug-likeness (QED) is 0.672. The second-order valence-electron chi connectivity index (χ2n) is 5.80. The van der Waals surface area contributed by atoms with Gasteiger partial charge in [0, 0.05) is 16.7 Å². The van der Waals surface area contributed by atoms with E-state index in [1.165, 1.54) is 12.1 Å². The molecule has 0 aliphatic rings. The molecule has 1 atom stereocenters. The molecule has 1 amide bonds. The summed E-state index contributed by atoms with van der Waals surface area (Å²) >= 11 is 5.81. The van der Waals surface area contributed by atoms with E-state index < -0.39 is 17.5 Å². The van der Waals surface area contributed by atoms with Gasteiger partial charge in [-0.25, -0.2) is 8.78 Å². The van der Waals surface area contributed by atoms with Gasteiger partial charge in [-0.15, -0.1) is 0 Å². The van der Waals surface area contributed by atoms with Crippen LogP contribution in [-0.4, -0.2) is 23.7 Å². The summed E-state index contributed by atoms with van der Waals surface area (Å²) in [5.41, 5.74) is 0.299. The Morgan fingerprint density at radius 1 is 1.19 bits per heavy atom. The molecule has 0 spiro atoms. The molecule has 8 heteroatoms. The SMILES string of the molecule is C[C@@H](CNC(=O)c1cc(-c2ccc(F)c(F)c2)on1)Oc1ccc(Cl)cc1. The number of carbonyl (C=O) groups excluding carboxylic acids is 1. The van der Waals surface area contributed by atoms with Gasteiger partial charge in [-0.05, 0) is 49.4 Å². The molecule has 1 heterocycles. The minimum absolute atomic E-state index is 0.0217. The smallest absolute Gasteiger partial charge is 0.273 e. The number of nitrogens with one attached hydrogen (secondary N) is 1. The van der Waals surface area contributed by atoms with Crippen molar-refractivity contribution in [2.75, 3.05) is 6.54 Å². The molecule has 3 rings (SSSR count). The molecular weight excluding hydrogens is 378 g/mol. The summed E-state index contributed by atoms with van der Waals surface area (Å²) < 4.78 is 37.0. The maximum atomic E-state index is 13.3. The number of hydrogen-bond donors (Lipinski definition) is 1. The average molecular weight is 393 g/mol. The molecule has 5 nitrogen and oxygen atoms in total. The van der Waals surface area contributed by atoms with Crippen LogP contribution in [0, 0.1) is 11.6 Å². The standard InChI is InChI=1S/C19H15ClF2N2O3/c1-11(26-14-5-3-13(20)4-6-14)10-23-19(25)17-9-18(27-24-17)12-2-7-15(21)16(22)8-12/h2-9,11H,10H2,1H3,(H,23,25)/t11-/m0/s1. The normalized spacial score (nSPS) is 11.9. The van der Waals surface area contributed by atoms with E-state index in [9.17, 15) is 13.6 Å². The summed E-state index contributed by atoms with van der Waals surface area (Å²) in [6, 6.07) is 11.5.